The number of aliphatic hydroxyl groups is 2. The Kier molecular flexibility index (Phi) is 3.35. The molecule has 0 amide bonds. The zero-order valence-electron chi connectivity index (χ0n) is 14.8. The number of aliphatic hydroxyl groups excluding tert-OH is 2. The molecule has 134 valence electrons. The fraction of sp³-hybridized carbons (Fsp3) is 0.850. The van der Waals surface area contributed by atoms with Crippen LogP contribution in [0.5, 0.6) is 0 Å². The molecule has 4 rings (SSSR count). The van der Waals surface area contributed by atoms with Gasteiger partial charge < -0.3 is 15.3 Å². The smallest absolute Gasteiger partial charge is 0.309 e. The summed E-state index contributed by atoms with van der Waals surface area (Å²) in [5, 5.41) is 31.9. The van der Waals surface area contributed by atoms with E-state index in [9.17, 15) is 20.1 Å². The van der Waals surface area contributed by atoms with Crippen LogP contribution in [0.25, 0.3) is 0 Å². The minimum Gasteiger partial charge on any atom is -0.481 e. The van der Waals surface area contributed by atoms with Gasteiger partial charge in [0.25, 0.3) is 0 Å². The van der Waals surface area contributed by atoms with Gasteiger partial charge in [0, 0.05) is 5.41 Å². The van der Waals surface area contributed by atoms with Crippen molar-refractivity contribution in [1.82, 2.24) is 0 Å². The fourth-order valence-corrected chi connectivity index (χ4v) is 7.73. The summed E-state index contributed by atoms with van der Waals surface area (Å²) in [5.41, 5.74) is -0.331. The Morgan fingerprint density at radius 2 is 1.92 bits per heavy atom. The maximum Gasteiger partial charge on any atom is 0.309 e. The lowest BCUT2D eigenvalue weighted by molar-refractivity contribution is -0.212. The highest BCUT2D eigenvalue weighted by Crippen LogP contribution is 2.72. The molecule has 4 aliphatic carbocycles. The third-order valence-electron chi connectivity index (χ3n) is 8.65. The Morgan fingerprint density at radius 3 is 2.58 bits per heavy atom. The summed E-state index contributed by atoms with van der Waals surface area (Å²) in [5.74, 6) is -0.429. The maximum absolute atomic E-state index is 12.1. The van der Waals surface area contributed by atoms with Crippen molar-refractivity contribution in [3.05, 3.63) is 12.2 Å². The zero-order valence-corrected chi connectivity index (χ0v) is 14.8. The van der Waals surface area contributed by atoms with E-state index in [-0.39, 0.29) is 28.6 Å². The van der Waals surface area contributed by atoms with Crippen molar-refractivity contribution >= 4 is 5.97 Å². The first-order chi connectivity index (χ1) is 11.2. The Hall–Kier alpha value is -0.870. The highest BCUT2D eigenvalue weighted by molar-refractivity contribution is 5.75. The maximum atomic E-state index is 12.1. The molecule has 3 N–H and O–H groups in total. The van der Waals surface area contributed by atoms with Gasteiger partial charge in [0.2, 0.25) is 0 Å². The normalized spacial score (nSPS) is 56.5. The molecule has 1 spiro atoms. The van der Waals surface area contributed by atoms with E-state index >= 15 is 0 Å². The van der Waals surface area contributed by atoms with Crippen LogP contribution < -0.4 is 0 Å². The number of hydrogen-bond donors (Lipinski definition) is 3. The van der Waals surface area contributed by atoms with Crippen molar-refractivity contribution in [3.63, 3.8) is 0 Å². The van der Waals surface area contributed by atoms with Crippen LogP contribution in [0.15, 0.2) is 12.2 Å². The van der Waals surface area contributed by atoms with Crippen LogP contribution in [0.2, 0.25) is 0 Å². The quantitative estimate of drug-likeness (QED) is 0.644. The van der Waals surface area contributed by atoms with Crippen molar-refractivity contribution < 1.29 is 20.1 Å². The second-order valence-electron chi connectivity index (χ2n) is 9.57. The molecular formula is C20H30O4. The van der Waals surface area contributed by atoms with E-state index in [1.54, 1.807) is 0 Å². The molecule has 0 saturated heterocycles. The molecular weight excluding hydrogens is 304 g/mol. The summed E-state index contributed by atoms with van der Waals surface area (Å²) in [4.78, 5) is 12.1. The molecule has 4 saturated carbocycles. The largest absolute Gasteiger partial charge is 0.481 e. The lowest BCUT2D eigenvalue weighted by atomic mass is 9.40. The average Bonchev–Trinajstić information content (AvgIpc) is 2.68. The van der Waals surface area contributed by atoms with E-state index in [4.69, 9.17) is 0 Å². The number of carbonyl (C=O) groups is 1. The molecule has 0 aromatic heterocycles. The summed E-state index contributed by atoms with van der Waals surface area (Å²) in [6.07, 6.45) is 4.80. The van der Waals surface area contributed by atoms with Crippen LogP contribution in [0.1, 0.15) is 58.8 Å². The highest BCUT2D eigenvalue weighted by atomic mass is 16.4. The molecule has 4 nitrogen and oxygen atoms in total. The molecule has 0 radical (unpaired) electrons. The average molecular weight is 334 g/mol. The van der Waals surface area contributed by atoms with Gasteiger partial charge in [-0.05, 0) is 74.2 Å². The van der Waals surface area contributed by atoms with Gasteiger partial charge in [0.1, 0.15) is 0 Å². The second-order valence-corrected chi connectivity index (χ2v) is 9.57. The first-order valence-corrected chi connectivity index (χ1v) is 9.45. The molecule has 1 unspecified atom stereocenters. The van der Waals surface area contributed by atoms with Crippen LogP contribution in [-0.2, 0) is 4.79 Å². The van der Waals surface area contributed by atoms with Crippen molar-refractivity contribution in [1.29, 1.82) is 0 Å². The third-order valence-corrected chi connectivity index (χ3v) is 8.65. The molecule has 4 fully saturated rings. The van der Waals surface area contributed by atoms with E-state index in [1.165, 1.54) is 0 Å². The van der Waals surface area contributed by atoms with E-state index in [0.29, 0.717) is 6.42 Å². The molecule has 24 heavy (non-hydrogen) atoms. The molecule has 0 aromatic rings. The van der Waals surface area contributed by atoms with Crippen LogP contribution in [0.3, 0.4) is 0 Å². The van der Waals surface area contributed by atoms with E-state index in [1.807, 2.05) is 6.92 Å². The molecule has 0 heterocycles. The summed E-state index contributed by atoms with van der Waals surface area (Å²) < 4.78 is 0. The minimum absolute atomic E-state index is 0.0202. The molecule has 4 heteroatoms. The van der Waals surface area contributed by atoms with Crippen LogP contribution in [-0.4, -0.2) is 33.5 Å². The van der Waals surface area contributed by atoms with Gasteiger partial charge in [-0.1, -0.05) is 19.9 Å². The van der Waals surface area contributed by atoms with E-state index in [0.717, 1.165) is 44.1 Å². The Morgan fingerprint density at radius 1 is 1.21 bits per heavy atom. The van der Waals surface area contributed by atoms with Crippen molar-refractivity contribution in [3.8, 4) is 0 Å². The van der Waals surface area contributed by atoms with Gasteiger partial charge in [0.05, 0.1) is 17.6 Å². The highest BCUT2D eigenvalue weighted by Gasteiger charge is 2.69. The molecule has 4 aliphatic rings. The first-order valence-electron chi connectivity index (χ1n) is 9.45. The predicted molar refractivity (Wildman–Crippen MR) is 90.2 cm³/mol. The Balaban J connectivity index is 1.82. The number of hydrogen-bond acceptors (Lipinski definition) is 3. The van der Waals surface area contributed by atoms with E-state index in [2.05, 4.69) is 13.5 Å². The van der Waals surface area contributed by atoms with Crippen LogP contribution >= 0.6 is 0 Å². The van der Waals surface area contributed by atoms with Crippen molar-refractivity contribution in [2.75, 3.05) is 0 Å². The van der Waals surface area contributed by atoms with Crippen molar-refractivity contribution in [2.45, 2.75) is 71.0 Å². The Labute approximate surface area is 144 Å². The predicted octanol–water partition coefficient (Wildman–Crippen LogP) is 2.98. The summed E-state index contributed by atoms with van der Waals surface area (Å²) in [6, 6.07) is 0. The molecule has 2 bridgehead atoms. The summed E-state index contributed by atoms with van der Waals surface area (Å²) in [6.45, 7) is 8.22. The Bertz CT molecular complexity index is 600. The van der Waals surface area contributed by atoms with Crippen LogP contribution in [0.4, 0.5) is 0 Å². The number of fused-ring (bicyclic) bond motifs is 3. The van der Waals surface area contributed by atoms with Crippen LogP contribution in [0, 0.1) is 34.0 Å². The first kappa shape index (κ1) is 16.6. The van der Waals surface area contributed by atoms with Gasteiger partial charge in [0.15, 0.2) is 0 Å². The standard InChI is InChI=1S/C20H30O4/c1-11-12-9-13(21)15-18(2)6-4-7-19(3,17(23)24)14(18)5-8-20(15,10-12)16(11)22/h12-16,21-22H,1,4-10H2,2-3H3,(H,23,24)/t12?,13-,14-,15-,16+,18+,19+,20+/m0/s1. The third kappa shape index (κ3) is 1.74. The number of carboxylic acids is 1. The summed E-state index contributed by atoms with van der Waals surface area (Å²) in [7, 11) is 0. The lowest BCUT2D eigenvalue weighted by Gasteiger charge is -2.64. The fourth-order valence-electron chi connectivity index (χ4n) is 7.73. The molecule has 0 aromatic carbocycles. The van der Waals surface area contributed by atoms with Gasteiger partial charge in [-0.2, -0.15) is 0 Å². The second kappa shape index (κ2) is 4.85. The minimum atomic E-state index is -0.717. The van der Waals surface area contributed by atoms with E-state index < -0.39 is 23.6 Å². The SMILES string of the molecule is C=C1C2C[C@H](O)[C@H]3[C@]4(C)CCC[C@@](C)(C(=O)O)[C@H]4CC[C@]3(C2)[C@@H]1O. The monoisotopic (exact) mass is 334 g/mol. The van der Waals surface area contributed by atoms with Gasteiger partial charge in [-0.3, -0.25) is 4.79 Å². The summed E-state index contributed by atoms with van der Waals surface area (Å²) >= 11 is 0. The number of rotatable bonds is 1. The van der Waals surface area contributed by atoms with Gasteiger partial charge in [-0.15, -0.1) is 0 Å². The van der Waals surface area contributed by atoms with Gasteiger partial charge >= 0.3 is 5.97 Å². The zero-order chi connectivity index (χ0) is 17.5. The lowest BCUT2D eigenvalue weighted by Crippen LogP contribution is -2.63. The topological polar surface area (TPSA) is 77.8 Å². The molecule has 0 aliphatic heterocycles. The van der Waals surface area contributed by atoms with Crippen molar-refractivity contribution in [2.24, 2.45) is 34.0 Å². The number of carboxylic acid groups (broad SMARTS) is 1. The van der Waals surface area contributed by atoms with Gasteiger partial charge in [-0.25, -0.2) is 0 Å². The molecule has 8 atom stereocenters. The number of aliphatic carboxylic acids is 1.